The van der Waals surface area contributed by atoms with Gasteiger partial charge in [-0.2, -0.15) is 0 Å². The van der Waals surface area contributed by atoms with Crippen molar-refractivity contribution < 1.29 is 9.72 Å². The van der Waals surface area contributed by atoms with E-state index in [0.717, 1.165) is 16.6 Å². The fourth-order valence-corrected chi connectivity index (χ4v) is 3.10. The van der Waals surface area contributed by atoms with E-state index in [1.165, 1.54) is 18.2 Å². The molecule has 7 nitrogen and oxygen atoms in total. The third-order valence-electron chi connectivity index (χ3n) is 4.43. The summed E-state index contributed by atoms with van der Waals surface area (Å²) in [6, 6.07) is 22.2. The van der Waals surface area contributed by atoms with Crippen LogP contribution in [0.1, 0.15) is 27.8 Å². The zero-order chi connectivity index (χ0) is 19.5. The number of hydrogen-bond acceptors (Lipinski definition) is 4. The molecule has 2 N–H and O–H groups in total. The van der Waals surface area contributed by atoms with E-state index in [0.29, 0.717) is 5.82 Å². The fraction of sp³-hybridized carbons (Fsp3) is 0.0476. The first-order chi connectivity index (χ1) is 13.6. The summed E-state index contributed by atoms with van der Waals surface area (Å²) in [7, 11) is 0. The molecular formula is C21H16N4O3. The summed E-state index contributed by atoms with van der Waals surface area (Å²) in [6.07, 6.45) is 0. The summed E-state index contributed by atoms with van der Waals surface area (Å²) in [5.41, 5.74) is 2.20. The minimum Gasteiger partial charge on any atom is -0.340 e. The molecule has 3 aromatic carbocycles. The molecule has 1 unspecified atom stereocenters. The van der Waals surface area contributed by atoms with Gasteiger partial charge in [0.15, 0.2) is 0 Å². The molecule has 28 heavy (non-hydrogen) atoms. The normalized spacial score (nSPS) is 11.9. The summed E-state index contributed by atoms with van der Waals surface area (Å²) in [5, 5.41) is 14.2. The molecule has 0 aliphatic rings. The summed E-state index contributed by atoms with van der Waals surface area (Å²) < 4.78 is 0. The number of hydrogen-bond donors (Lipinski definition) is 2. The number of nitrogens with one attached hydrogen (secondary N) is 2. The molecule has 0 saturated carbocycles. The van der Waals surface area contributed by atoms with Gasteiger partial charge in [0.1, 0.15) is 17.4 Å². The minimum atomic E-state index is -0.582. The van der Waals surface area contributed by atoms with Gasteiger partial charge in [-0.1, -0.05) is 54.6 Å². The SMILES string of the molecule is O=C(NC(c1ccccc1)c1nc2ccccc2[nH]1)c1ccccc1[N+](=O)[O-]. The molecule has 138 valence electrons. The van der Waals surface area contributed by atoms with E-state index in [2.05, 4.69) is 15.3 Å². The van der Waals surface area contributed by atoms with Crippen LogP contribution in [0.3, 0.4) is 0 Å². The van der Waals surface area contributed by atoms with Gasteiger partial charge >= 0.3 is 0 Å². The topological polar surface area (TPSA) is 101 Å². The molecule has 0 aliphatic carbocycles. The smallest absolute Gasteiger partial charge is 0.282 e. The van der Waals surface area contributed by atoms with Crippen molar-refractivity contribution in [1.29, 1.82) is 0 Å². The number of benzene rings is 3. The number of fused-ring (bicyclic) bond motifs is 1. The van der Waals surface area contributed by atoms with Crippen molar-refractivity contribution in [3.8, 4) is 0 Å². The van der Waals surface area contributed by atoms with Crippen LogP contribution in [-0.4, -0.2) is 20.8 Å². The maximum Gasteiger partial charge on any atom is 0.282 e. The number of aromatic amines is 1. The van der Waals surface area contributed by atoms with Crippen LogP contribution in [-0.2, 0) is 0 Å². The number of aromatic nitrogens is 2. The Kier molecular flexibility index (Phi) is 4.55. The van der Waals surface area contributed by atoms with Gasteiger partial charge in [0.2, 0.25) is 0 Å². The summed E-state index contributed by atoms with van der Waals surface area (Å²) in [6.45, 7) is 0. The van der Waals surface area contributed by atoms with Crippen LogP contribution in [0.5, 0.6) is 0 Å². The first kappa shape index (κ1) is 17.4. The van der Waals surface area contributed by atoms with Crippen molar-refractivity contribution in [1.82, 2.24) is 15.3 Å². The van der Waals surface area contributed by atoms with Gasteiger partial charge in [-0.3, -0.25) is 14.9 Å². The third kappa shape index (κ3) is 3.33. The number of nitrogens with zero attached hydrogens (tertiary/aromatic N) is 2. The van der Waals surface area contributed by atoms with Gasteiger partial charge in [-0.25, -0.2) is 4.98 Å². The van der Waals surface area contributed by atoms with Gasteiger partial charge in [-0.05, 0) is 23.8 Å². The Hall–Kier alpha value is -4.00. The number of carbonyl (C=O) groups is 1. The quantitative estimate of drug-likeness (QED) is 0.408. The molecule has 1 atom stereocenters. The predicted octanol–water partition coefficient (Wildman–Crippen LogP) is 3.99. The maximum absolute atomic E-state index is 12.9. The molecule has 1 aromatic heterocycles. The Bertz CT molecular complexity index is 1120. The minimum absolute atomic E-state index is 0.00421. The fourth-order valence-electron chi connectivity index (χ4n) is 3.10. The number of carbonyl (C=O) groups excluding carboxylic acids is 1. The Morgan fingerprint density at radius 1 is 0.964 bits per heavy atom. The van der Waals surface area contributed by atoms with E-state index in [1.807, 2.05) is 54.6 Å². The Morgan fingerprint density at radius 3 is 2.39 bits per heavy atom. The molecule has 0 saturated heterocycles. The number of para-hydroxylation sites is 3. The van der Waals surface area contributed by atoms with Crippen molar-refractivity contribution in [2.24, 2.45) is 0 Å². The van der Waals surface area contributed by atoms with E-state index < -0.39 is 16.9 Å². The van der Waals surface area contributed by atoms with Crippen molar-refractivity contribution in [3.05, 3.63) is 106 Å². The van der Waals surface area contributed by atoms with Crippen molar-refractivity contribution in [2.75, 3.05) is 0 Å². The first-order valence-electron chi connectivity index (χ1n) is 8.67. The zero-order valence-corrected chi connectivity index (χ0v) is 14.7. The van der Waals surface area contributed by atoms with Gasteiger partial charge < -0.3 is 10.3 Å². The number of nitro benzene ring substituents is 1. The van der Waals surface area contributed by atoms with Crippen LogP contribution in [0, 0.1) is 10.1 Å². The number of imidazole rings is 1. The molecule has 0 fully saturated rings. The van der Waals surface area contributed by atoms with Crippen LogP contribution < -0.4 is 5.32 Å². The van der Waals surface area contributed by atoms with Gasteiger partial charge in [0.05, 0.1) is 16.0 Å². The van der Waals surface area contributed by atoms with E-state index in [4.69, 9.17) is 0 Å². The second-order valence-electron chi connectivity index (χ2n) is 6.23. The highest BCUT2D eigenvalue weighted by Crippen LogP contribution is 2.24. The monoisotopic (exact) mass is 372 g/mol. The summed E-state index contributed by atoms with van der Waals surface area (Å²) in [5.74, 6) is 0.0148. The van der Waals surface area contributed by atoms with Gasteiger partial charge in [0.25, 0.3) is 11.6 Å². The standard InChI is InChI=1S/C21H16N4O3/c26-21(15-10-4-7-13-18(15)25(27)28)24-19(14-8-2-1-3-9-14)20-22-16-11-5-6-12-17(16)23-20/h1-13,19H,(H,22,23)(H,24,26). The van der Waals surface area contributed by atoms with Gasteiger partial charge in [-0.15, -0.1) is 0 Å². The Morgan fingerprint density at radius 2 is 1.64 bits per heavy atom. The lowest BCUT2D eigenvalue weighted by atomic mass is 10.1. The van der Waals surface area contributed by atoms with Crippen LogP contribution in [0.25, 0.3) is 11.0 Å². The average Bonchev–Trinajstić information content (AvgIpc) is 3.16. The molecular weight excluding hydrogens is 356 g/mol. The highest BCUT2D eigenvalue weighted by atomic mass is 16.6. The van der Waals surface area contributed by atoms with Crippen LogP contribution >= 0.6 is 0 Å². The Balaban J connectivity index is 1.75. The molecule has 0 radical (unpaired) electrons. The van der Waals surface area contributed by atoms with E-state index >= 15 is 0 Å². The molecule has 4 aromatic rings. The van der Waals surface area contributed by atoms with Crippen molar-refractivity contribution >= 4 is 22.6 Å². The predicted molar refractivity (Wildman–Crippen MR) is 105 cm³/mol. The summed E-state index contributed by atoms with van der Waals surface area (Å²) >= 11 is 0. The van der Waals surface area contributed by atoms with Crippen molar-refractivity contribution in [2.45, 2.75) is 6.04 Å². The van der Waals surface area contributed by atoms with E-state index in [1.54, 1.807) is 6.07 Å². The van der Waals surface area contributed by atoms with Crippen LogP contribution in [0.2, 0.25) is 0 Å². The largest absolute Gasteiger partial charge is 0.340 e. The lowest BCUT2D eigenvalue weighted by Crippen LogP contribution is -2.30. The van der Waals surface area contributed by atoms with E-state index in [-0.39, 0.29) is 11.3 Å². The number of H-pyrrole nitrogens is 1. The third-order valence-corrected chi connectivity index (χ3v) is 4.43. The summed E-state index contributed by atoms with van der Waals surface area (Å²) in [4.78, 5) is 31.4. The van der Waals surface area contributed by atoms with Crippen LogP contribution in [0.15, 0.2) is 78.9 Å². The van der Waals surface area contributed by atoms with E-state index in [9.17, 15) is 14.9 Å². The lowest BCUT2D eigenvalue weighted by Gasteiger charge is -2.17. The molecule has 7 heteroatoms. The number of rotatable bonds is 5. The average molecular weight is 372 g/mol. The zero-order valence-electron chi connectivity index (χ0n) is 14.7. The van der Waals surface area contributed by atoms with Crippen LogP contribution in [0.4, 0.5) is 5.69 Å². The molecule has 4 rings (SSSR count). The first-order valence-corrected chi connectivity index (χ1v) is 8.67. The molecule has 0 bridgehead atoms. The Labute approximate surface area is 160 Å². The second kappa shape index (κ2) is 7.32. The second-order valence-corrected chi connectivity index (χ2v) is 6.23. The molecule has 1 amide bonds. The lowest BCUT2D eigenvalue weighted by molar-refractivity contribution is -0.385. The van der Waals surface area contributed by atoms with Crippen molar-refractivity contribution in [3.63, 3.8) is 0 Å². The highest BCUT2D eigenvalue weighted by Gasteiger charge is 2.25. The number of nitro groups is 1. The van der Waals surface area contributed by atoms with Gasteiger partial charge in [0, 0.05) is 6.07 Å². The molecule has 0 spiro atoms. The molecule has 0 aliphatic heterocycles. The maximum atomic E-state index is 12.9. The number of amides is 1. The highest BCUT2D eigenvalue weighted by molar-refractivity contribution is 5.98. The molecule has 1 heterocycles.